The number of amides is 1. The molecule has 33 heavy (non-hydrogen) atoms. The lowest BCUT2D eigenvalue weighted by Gasteiger charge is -2.13. The average molecular weight is 435 g/mol. The molecule has 0 saturated heterocycles. The zero-order chi connectivity index (χ0) is 24.7. The van der Waals surface area contributed by atoms with Crippen molar-refractivity contribution in [2.45, 2.75) is 25.8 Å². The summed E-state index contributed by atoms with van der Waals surface area (Å²) in [6, 6.07) is 6.94. The summed E-state index contributed by atoms with van der Waals surface area (Å²) in [5, 5.41) is 19.7. The second-order valence-electron chi connectivity index (χ2n) is 5.43. The molecule has 1 aromatic rings. The average Bonchev–Trinajstić information content (AvgIpc) is 2.80. The van der Waals surface area contributed by atoms with Crippen LogP contribution in [0, 0.1) is 83.4 Å². The number of carbonyl (C=O) groups excluding carboxylic acids is 1. The molecular weight excluding hydrogens is 418 g/mol. The highest BCUT2D eigenvalue weighted by molar-refractivity contribution is 5.96. The molecule has 3 N–H and O–H groups in total. The van der Waals surface area contributed by atoms with Gasteiger partial charge in [-0.1, -0.05) is 24.1 Å². The number of hydrogen-bond acceptors (Lipinski definition) is 3. The van der Waals surface area contributed by atoms with E-state index in [4.69, 9.17) is 16.6 Å². The molecule has 0 radical (unpaired) electrons. The maximum atomic E-state index is 11.7. The fourth-order valence-corrected chi connectivity index (χ4v) is 1.74. The molecule has 0 bridgehead atoms. The number of aliphatic carboxylic acids is 2. The fourth-order valence-electron chi connectivity index (χ4n) is 1.74. The molecule has 1 rings (SSSR count). The van der Waals surface area contributed by atoms with Crippen LogP contribution in [0.15, 0.2) is 30.3 Å². The molecule has 6 nitrogen and oxygen atoms in total. The highest BCUT2D eigenvalue weighted by Crippen LogP contribution is 2.02. The van der Waals surface area contributed by atoms with Crippen molar-refractivity contribution in [3.8, 4) is 83.4 Å². The summed E-state index contributed by atoms with van der Waals surface area (Å²) in [5.74, 6) is 29.0. The van der Waals surface area contributed by atoms with Crippen LogP contribution in [-0.2, 0) is 9.59 Å². The van der Waals surface area contributed by atoms with Gasteiger partial charge in [0.05, 0.1) is 0 Å². The van der Waals surface area contributed by atoms with Gasteiger partial charge < -0.3 is 15.5 Å². The van der Waals surface area contributed by atoms with Crippen molar-refractivity contribution in [1.82, 2.24) is 5.32 Å². The molecule has 0 aliphatic heterocycles. The van der Waals surface area contributed by atoms with E-state index in [0.29, 0.717) is 5.56 Å². The van der Waals surface area contributed by atoms with E-state index >= 15 is 0 Å². The first kappa shape index (κ1) is 27.6. The Labute approximate surface area is 193 Å². The van der Waals surface area contributed by atoms with Crippen molar-refractivity contribution >= 4 is 17.8 Å². The molecule has 0 spiro atoms. The second kappa shape index (κ2) is 18.6. The Morgan fingerprint density at radius 2 is 1.33 bits per heavy atom. The molecule has 0 aliphatic rings. The lowest BCUT2D eigenvalue weighted by Crippen LogP contribution is -2.41. The number of benzene rings is 1. The Hall–Kier alpha value is -5.45. The van der Waals surface area contributed by atoms with Gasteiger partial charge in [-0.3, -0.25) is 9.59 Å². The van der Waals surface area contributed by atoms with Gasteiger partial charge in [0, 0.05) is 12.0 Å². The van der Waals surface area contributed by atoms with Gasteiger partial charge >= 0.3 is 11.9 Å². The van der Waals surface area contributed by atoms with Crippen LogP contribution in [0.5, 0.6) is 0 Å². The van der Waals surface area contributed by atoms with Crippen LogP contribution in [0.25, 0.3) is 0 Å². The number of carboxylic acids is 2. The van der Waals surface area contributed by atoms with E-state index in [9.17, 15) is 14.4 Å². The minimum absolute atomic E-state index is 0.150. The molecule has 1 amide bonds. The number of rotatable bonds is 6. The predicted molar refractivity (Wildman–Crippen MR) is 123 cm³/mol. The van der Waals surface area contributed by atoms with Gasteiger partial charge in [-0.2, -0.15) is 0 Å². The molecular formula is C27H17NO5. The summed E-state index contributed by atoms with van der Waals surface area (Å²) in [4.78, 5) is 32.9. The molecule has 160 valence electrons. The smallest absolute Gasteiger partial charge is 0.326 e. The zero-order valence-corrected chi connectivity index (χ0v) is 17.6. The Morgan fingerprint density at radius 3 is 1.76 bits per heavy atom. The maximum Gasteiger partial charge on any atom is 0.326 e. The lowest BCUT2D eigenvalue weighted by atomic mass is 10.1. The topological polar surface area (TPSA) is 104 Å². The van der Waals surface area contributed by atoms with Crippen molar-refractivity contribution < 1.29 is 24.6 Å². The van der Waals surface area contributed by atoms with Gasteiger partial charge in [-0.05, 0) is 96.5 Å². The van der Waals surface area contributed by atoms with Crippen LogP contribution in [0.3, 0.4) is 0 Å². The summed E-state index contributed by atoms with van der Waals surface area (Å²) >= 11 is 0. The van der Waals surface area contributed by atoms with Crippen molar-refractivity contribution in [3.05, 3.63) is 35.9 Å². The minimum Gasteiger partial charge on any atom is -0.481 e. The maximum absolute atomic E-state index is 11.7. The number of hydrogen-bond donors (Lipinski definition) is 3. The Morgan fingerprint density at radius 1 is 0.848 bits per heavy atom. The molecule has 1 atom stereocenters. The van der Waals surface area contributed by atoms with Gasteiger partial charge in [0.1, 0.15) is 6.04 Å². The van der Waals surface area contributed by atoms with Gasteiger partial charge in [-0.15, -0.1) is 6.42 Å². The Bertz CT molecular complexity index is 1260. The quantitative estimate of drug-likeness (QED) is 0.586. The third kappa shape index (κ3) is 16.1. The molecule has 0 fully saturated rings. The number of nitrogens with one attached hydrogen (secondary N) is 1. The van der Waals surface area contributed by atoms with Crippen molar-refractivity contribution in [2.24, 2.45) is 0 Å². The lowest BCUT2D eigenvalue weighted by molar-refractivity contribution is -0.140. The highest BCUT2D eigenvalue weighted by Gasteiger charge is 2.21. The van der Waals surface area contributed by atoms with Gasteiger partial charge in [-0.25, -0.2) is 4.79 Å². The van der Waals surface area contributed by atoms with E-state index in [1.165, 1.54) is 0 Å². The predicted octanol–water partition coefficient (Wildman–Crippen LogP) is 1.39. The monoisotopic (exact) mass is 435 g/mol. The summed E-state index contributed by atoms with van der Waals surface area (Å²) < 4.78 is 0. The zero-order valence-electron chi connectivity index (χ0n) is 17.6. The van der Waals surface area contributed by atoms with Crippen LogP contribution in [0.1, 0.15) is 30.1 Å². The number of carbonyl (C=O) groups is 3. The normalized spacial score (nSPS) is 8.00. The van der Waals surface area contributed by atoms with Crippen molar-refractivity contribution in [3.63, 3.8) is 0 Å². The molecule has 0 heterocycles. The van der Waals surface area contributed by atoms with Crippen LogP contribution in [0.2, 0.25) is 0 Å². The summed E-state index contributed by atoms with van der Waals surface area (Å²) in [6.45, 7) is 1.70. The molecule has 1 aromatic carbocycles. The van der Waals surface area contributed by atoms with Crippen LogP contribution >= 0.6 is 0 Å². The minimum atomic E-state index is -1.25. The molecule has 0 aliphatic carbocycles. The van der Waals surface area contributed by atoms with E-state index in [1.807, 2.05) is 0 Å². The van der Waals surface area contributed by atoms with E-state index in [0.717, 1.165) is 0 Å². The Balaban J connectivity index is 0.000000633. The SMILES string of the molecule is C#CC#CC#CC#CC#CC#CC#CC.O=C(O)CC[C@H](NC(=O)c1ccccc1)C(=O)O. The van der Waals surface area contributed by atoms with Crippen molar-refractivity contribution in [1.29, 1.82) is 0 Å². The third-order valence-corrected chi connectivity index (χ3v) is 3.11. The van der Waals surface area contributed by atoms with Gasteiger partial charge in [0.25, 0.3) is 5.91 Å². The molecule has 0 unspecified atom stereocenters. The molecule has 6 heteroatoms. The first-order valence-corrected chi connectivity index (χ1v) is 9.10. The summed E-state index contributed by atoms with van der Waals surface area (Å²) in [5.41, 5.74) is 0.332. The van der Waals surface area contributed by atoms with Crippen molar-refractivity contribution in [2.75, 3.05) is 0 Å². The fraction of sp³-hybridized carbons (Fsp3) is 0.148. The first-order valence-electron chi connectivity index (χ1n) is 9.10. The van der Waals surface area contributed by atoms with Crippen LogP contribution in [0.4, 0.5) is 0 Å². The van der Waals surface area contributed by atoms with Crippen LogP contribution < -0.4 is 5.32 Å². The first-order chi connectivity index (χ1) is 15.9. The number of carboxylic acid groups (broad SMARTS) is 2. The summed E-state index contributed by atoms with van der Waals surface area (Å²) in [7, 11) is 0. The van der Waals surface area contributed by atoms with Crippen LogP contribution in [-0.4, -0.2) is 34.1 Å². The summed E-state index contributed by atoms with van der Waals surface area (Å²) in [6.07, 6.45) is 4.41. The van der Waals surface area contributed by atoms with E-state index in [2.05, 4.69) is 82.3 Å². The molecule has 0 aromatic heterocycles. The Kier molecular flexibility index (Phi) is 15.5. The van der Waals surface area contributed by atoms with E-state index in [1.54, 1.807) is 37.3 Å². The van der Waals surface area contributed by atoms with Gasteiger partial charge in [0.2, 0.25) is 0 Å². The standard InChI is InChI=1S/C15H4.C12H13NO5/c1-3-5-7-9-11-13-15-14-12-10-8-6-4-2;14-10(15)7-6-9(12(17)18)13-11(16)8-4-2-1-3-5-8/h1H,2H3;1-5,9H,6-7H2,(H,13,16)(H,14,15)(H,17,18)/t;9-/m.0/s1. The second-order valence-corrected chi connectivity index (χ2v) is 5.43. The van der Waals surface area contributed by atoms with E-state index in [-0.39, 0.29) is 12.8 Å². The third-order valence-electron chi connectivity index (χ3n) is 3.11. The van der Waals surface area contributed by atoms with E-state index < -0.39 is 23.9 Å². The molecule has 0 saturated carbocycles. The number of terminal acetylenes is 1. The van der Waals surface area contributed by atoms with Gasteiger partial charge in [0.15, 0.2) is 0 Å². The largest absolute Gasteiger partial charge is 0.481 e. The highest BCUT2D eigenvalue weighted by atomic mass is 16.4.